The molecule has 2 aromatic rings. The second kappa shape index (κ2) is 6.23. The Morgan fingerprint density at radius 2 is 1.52 bits per heavy atom. The zero-order valence-corrected chi connectivity index (χ0v) is 12.8. The smallest absolute Gasteiger partial charge is 0.233 e. The number of aliphatic hydroxyl groups excluding tert-OH is 1. The molecule has 0 radical (unpaired) electrons. The maximum atomic E-state index is 12.6. The standard InChI is InChI=1S/C19H18N2O2/c1-13(22)17-16(12-20)21(19(17)23)18(14-8-4-2-5-9-14)15-10-6-3-7-11-15/h2-11,13,16-18,22H,1H3/t13-,16?,17-/m1/s1. The van der Waals surface area contributed by atoms with Crippen molar-refractivity contribution in [3.8, 4) is 6.07 Å². The van der Waals surface area contributed by atoms with Crippen molar-refractivity contribution in [1.29, 1.82) is 5.26 Å². The minimum absolute atomic E-state index is 0.177. The predicted molar refractivity (Wildman–Crippen MR) is 86.1 cm³/mol. The summed E-state index contributed by atoms with van der Waals surface area (Å²) < 4.78 is 0. The third-order valence-corrected chi connectivity index (χ3v) is 4.34. The summed E-state index contributed by atoms with van der Waals surface area (Å²) in [7, 11) is 0. The fourth-order valence-electron chi connectivity index (χ4n) is 3.22. The van der Waals surface area contributed by atoms with Gasteiger partial charge < -0.3 is 10.0 Å². The largest absolute Gasteiger partial charge is 0.392 e. The molecule has 116 valence electrons. The van der Waals surface area contributed by atoms with Crippen LogP contribution >= 0.6 is 0 Å². The minimum Gasteiger partial charge on any atom is -0.392 e. The topological polar surface area (TPSA) is 64.3 Å². The van der Waals surface area contributed by atoms with Crippen molar-refractivity contribution in [3.05, 3.63) is 71.8 Å². The van der Waals surface area contributed by atoms with Crippen LogP contribution in [0.2, 0.25) is 0 Å². The molecule has 3 rings (SSSR count). The van der Waals surface area contributed by atoms with Gasteiger partial charge in [0.25, 0.3) is 0 Å². The lowest BCUT2D eigenvalue weighted by Crippen LogP contribution is -2.64. The van der Waals surface area contributed by atoms with Crippen LogP contribution in [0.5, 0.6) is 0 Å². The van der Waals surface area contributed by atoms with E-state index >= 15 is 0 Å². The highest BCUT2D eigenvalue weighted by Crippen LogP contribution is 2.40. The highest BCUT2D eigenvalue weighted by Gasteiger charge is 2.53. The number of benzene rings is 2. The van der Waals surface area contributed by atoms with E-state index in [1.54, 1.807) is 11.8 Å². The molecule has 1 amide bonds. The summed E-state index contributed by atoms with van der Waals surface area (Å²) in [5, 5.41) is 19.3. The molecule has 2 aromatic carbocycles. The first-order valence-corrected chi connectivity index (χ1v) is 7.65. The van der Waals surface area contributed by atoms with E-state index in [0.29, 0.717) is 0 Å². The fourth-order valence-corrected chi connectivity index (χ4v) is 3.22. The van der Waals surface area contributed by atoms with Gasteiger partial charge >= 0.3 is 0 Å². The quantitative estimate of drug-likeness (QED) is 0.883. The average molecular weight is 306 g/mol. The van der Waals surface area contributed by atoms with Crippen LogP contribution in [-0.2, 0) is 4.79 Å². The molecule has 1 N–H and O–H groups in total. The third kappa shape index (κ3) is 2.60. The second-order valence-electron chi connectivity index (χ2n) is 5.81. The summed E-state index contributed by atoms with van der Waals surface area (Å²) >= 11 is 0. The highest BCUT2D eigenvalue weighted by molar-refractivity contribution is 5.88. The number of amides is 1. The Bertz CT molecular complexity index is 683. The van der Waals surface area contributed by atoms with E-state index in [-0.39, 0.29) is 11.9 Å². The number of nitriles is 1. The Morgan fingerprint density at radius 1 is 1.04 bits per heavy atom. The normalized spacial score (nSPS) is 21.7. The Labute approximate surface area is 135 Å². The lowest BCUT2D eigenvalue weighted by Gasteiger charge is -2.49. The predicted octanol–water partition coefficient (Wildman–Crippen LogP) is 2.51. The monoisotopic (exact) mass is 306 g/mol. The molecule has 0 spiro atoms. The first kappa shape index (κ1) is 15.3. The van der Waals surface area contributed by atoms with Gasteiger partial charge in [0.2, 0.25) is 5.91 Å². The van der Waals surface area contributed by atoms with Crippen LogP contribution in [0.3, 0.4) is 0 Å². The summed E-state index contributed by atoms with van der Waals surface area (Å²) in [6.45, 7) is 1.56. The lowest BCUT2D eigenvalue weighted by atomic mass is 9.80. The van der Waals surface area contributed by atoms with Crippen molar-refractivity contribution < 1.29 is 9.90 Å². The van der Waals surface area contributed by atoms with E-state index < -0.39 is 18.1 Å². The summed E-state index contributed by atoms with van der Waals surface area (Å²) in [4.78, 5) is 14.2. The molecule has 23 heavy (non-hydrogen) atoms. The SMILES string of the molecule is C[C@@H](O)[C@H]1C(=O)N(C(c2ccccc2)c2ccccc2)C1C#N. The zero-order chi connectivity index (χ0) is 16.4. The molecule has 0 bridgehead atoms. The molecule has 0 aliphatic carbocycles. The van der Waals surface area contributed by atoms with Gasteiger partial charge in [-0.25, -0.2) is 0 Å². The van der Waals surface area contributed by atoms with Crippen molar-refractivity contribution in [2.75, 3.05) is 0 Å². The van der Waals surface area contributed by atoms with E-state index in [9.17, 15) is 15.2 Å². The lowest BCUT2D eigenvalue weighted by molar-refractivity contribution is -0.162. The number of carbonyl (C=O) groups excluding carboxylic acids is 1. The molecular formula is C19H18N2O2. The molecule has 0 saturated carbocycles. The van der Waals surface area contributed by atoms with Gasteiger partial charge in [-0.05, 0) is 18.1 Å². The number of rotatable bonds is 4. The molecule has 1 fully saturated rings. The van der Waals surface area contributed by atoms with Crippen molar-refractivity contribution in [2.45, 2.75) is 25.1 Å². The minimum atomic E-state index is -0.824. The number of nitrogens with zero attached hydrogens (tertiary/aromatic N) is 2. The summed E-state index contributed by atoms with van der Waals surface area (Å²) in [5.41, 5.74) is 1.91. The maximum absolute atomic E-state index is 12.6. The van der Waals surface area contributed by atoms with Crippen LogP contribution in [0.1, 0.15) is 24.1 Å². The van der Waals surface area contributed by atoms with E-state index in [0.717, 1.165) is 11.1 Å². The highest BCUT2D eigenvalue weighted by atomic mass is 16.3. The fraction of sp³-hybridized carbons (Fsp3) is 0.263. The molecular weight excluding hydrogens is 288 g/mol. The number of β-lactam (4-membered cyclic amide) rings is 1. The molecule has 3 atom stereocenters. The Hall–Kier alpha value is -2.64. The van der Waals surface area contributed by atoms with Gasteiger partial charge in [-0.2, -0.15) is 5.26 Å². The van der Waals surface area contributed by atoms with Crippen LogP contribution in [0.4, 0.5) is 0 Å². The van der Waals surface area contributed by atoms with Crippen LogP contribution in [-0.4, -0.2) is 28.1 Å². The van der Waals surface area contributed by atoms with Crippen molar-refractivity contribution in [3.63, 3.8) is 0 Å². The van der Waals surface area contributed by atoms with Gasteiger partial charge in [-0.15, -0.1) is 0 Å². The molecule has 4 heteroatoms. The Balaban J connectivity index is 2.04. The van der Waals surface area contributed by atoms with E-state index in [2.05, 4.69) is 6.07 Å². The van der Waals surface area contributed by atoms with Gasteiger partial charge in [0.05, 0.1) is 24.1 Å². The Morgan fingerprint density at radius 3 is 1.91 bits per heavy atom. The van der Waals surface area contributed by atoms with Crippen LogP contribution in [0, 0.1) is 17.2 Å². The van der Waals surface area contributed by atoms with Gasteiger partial charge in [0, 0.05) is 0 Å². The van der Waals surface area contributed by atoms with Crippen molar-refractivity contribution in [1.82, 2.24) is 4.90 Å². The third-order valence-electron chi connectivity index (χ3n) is 4.34. The van der Waals surface area contributed by atoms with E-state index in [1.807, 2.05) is 60.7 Å². The van der Waals surface area contributed by atoms with Crippen LogP contribution < -0.4 is 0 Å². The van der Waals surface area contributed by atoms with E-state index in [4.69, 9.17) is 0 Å². The first-order valence-electron chi connectivity index (χ1n) is 7.65. The van der Waals surface area contributed by atoms with Crippen molar-refractivity contribution in [2.24, 2.45) is 5.92 Å². The summed E-state index contributed by atoms with van der Waals surface area (Å²) in [5.74, 6) is -0.820. The molecule has 0 aromatic heterocycles. The molecule has 1 aliphatic rings. The number of hydrogen-bond donors (Lipinski definition) is 1. The second-order valence-corrected chi connectivity index (χ2v) is 5.81. The van der Waals surface area contributed by atoms with Crippen LogP contribution in [0.25, 0.3) is 0 Å². The number of aliphatic hydroxyl groups is 1. The molecule has 1 heterocycles. The first-order chi connectivity index (χ1) is 11.1. The molecule has 1 unspecified atom stereocenters. The van der Waals surface area contributed by atoms with Gasteiger partial charge in [-0.1, -0.05) is 60.7 Å². The molecule has 1 saturated heterocycles. The van der Waals surface area contributed by atoms with E-state index in [1.165, 1.54) is 0 Å². The van der Waals surface area contributed by atoms with Crippen LogP contribution in [0.15, 0.2) is 60.7 Å². The average Bonchev–Trinajstić information content (AvgIpc) is 2.58. The molecule has 4 nitrogen and oxygen atoms in total. The van der Waals surface area contributed by atoms with Gasteiger partial charge in [0.1, 0.15) is 6.04 Å². The van der Waals surface area contributed by atoms with Gasteiger partial charge in [-0.3, -0.25) is 4.79 Å². The number of carbonyl (C=O) groups is 1. The summed E-state index contributed by atoms with van der Waals surface area (Å²) in [6, 6.07) is 20.6. The maximum Gasteiger partial charge on any atom is 0.233 e. The Kier molecular flexibility index (Phi) is 4.14. The zero-order valence-electron chi connectivity index (χ0n) is 12.8. The summed E-state index contributed by atoms with van der Waals surface area (Å²) in [6.07, 6.45) is -0.824. The molecule has 1 aliphatic heterocycles. The number of likely N-dealkylation sites (tertiary alicyclic amines) is 1. The number of hydrogen-bond acceptors (Lipinski definition) is 3. The van der Waals surface area contributed by atoms with Gasteiger partial charge in [0.15, 0.2) is 0 Å². The van der Waals surface area contributed by atoms with Crippen molar-refractivity contribution >= 4 is 5.91 Å².